The third kappa shape index (κ3) is 3.26. The second-order valence-electron chi connectivity index (χ2n) is 5.68. The van der Waals surface area contributed by atoms with Gasteiger partial charge in [-0.1, -0.05) is 0 Å². The molecular formula is C13H18F3N3O. The summed E-state index contributed by atoms with van der Waals surface area (Å²) in [6.07, 6.45) is -0.171. The summed E-state index contributed by atoms with van der Waals surface area (Å²) < 4.78 is 42.5. The Hall–Kier alpha value is -1.24. The summed E-state index contributed by atoms with van der Waals surface area (Å²) in [5.74, 6) is 1.32. The normalized spacial score (nSPS) is 29.6. The first-order valence-corrected chi connectivity index (χ1v) is 6.95. The minimum Gasteiger partial charge on any atom is -0.467 e. The van der Waals surface area contributed by atoms with Gasteiger partial charge in [0.1, 0.15) is 0 Å². The largest absolute Gasteiger partial charge is 0.467 e. The number of hydrogen-bond acceptors (Lipinski definition) is 3. The Morgan fingerprint density at radius 1 is 1.30 bits per heavy atom. The average Bonchev–Trinajstić information content (AvgIpc) is 2.85. The molecule has 1 unspecified atom stereocenters. The van der Waals surface area contributed by atoms with Crippen LogP contribution in [0, 0.1) is 11.8 Å². The fourth-order valence-electron chi connectivity index (χ4n) is 3.21. The molecule has 3 saturated heterocycles. The maximum Gasteiger partial charge on any atom is 0.422 e. The van der Waals surface area contributed by atoms with E-state index < -0.39 is 12.8 Å². The summed E-state index contributed by atoms with van der Waals surface area (Å²) in [5, 5.41) is 4.07. The van der Waals surface area contributed by atoms with Crippen molar-refractivity contribution in [1.82, 2.24) is 14.7 Å². The first kappa shape index (κ1) is 13.7. The van der Waals surface area contributed by atoms with Gasteiger partial charge in [0, 0.05) is 25.4 Å². The van der Waals surface area contributed by atoms with Gasteiger partial charge in [-0.15, -0.1) is 5.10 Å². The minimum atomic E-state index is -4.32. The number of halogens is 3. The van der Waals surface area contributed by atoms with Crippen molar-refractivity contribution in [2.75, 3.05) is 26.2 Å². The Morgan fingerprint density at radius 3 is 2.65 bits per heavy atom. The van der Waals surface area contributed by atoms with Crippen molar-refractivity contribution >= 4 is 0 Å². The summed E-state index contributed by atoms with van der Waals surface area (Å²) in [6.45, 7) is 2.91. The molecule has 0 radical (unpaired) electrons. The minimum absolute atomic E-state index is 0.0450. The van der Waals surface area contributed by atoms with Gasteiger partial charge in [0.15, 0.2) is 6.61 Å². The third-order valence-corrected chi connectivity index (χ3v) is 4.21. The van der Waals surface area contributed by atoms with E-state index in [-0.39, 0.29) is 5.88 Å². The van der Waals surface area contributed by atoms with E-state index in [1.54, 1.807) is 10.9 Å². The summed E-state index contributed by atoms with van der Waals surface area (Å²) in [6, 6.07) is 1.49. The third-order valence-electron chi connectivity index (χ3n) is 4.21. The van der Waals surface area contributed by atoms with E-state index in [4.69, 9.17) is 0 Å². The van der Waals surface area contributed by atoms with Crippen molar-refractivity contribution < 1.29 is 17.9 Å². The van der Waals surface area contributed by atoms with E-state index >= 15 is 0 Å². The van der Waals surface area contributed by atoms with Crippen LogP contribution in [0.5, 0.6) is 5.88 Å². The number of ether oxygens (including phenoxy) is 1. The molecule has 0 aliphatic carbocycles. The van der Waals surface area contributed by atoms with Gasteiger partial charge in [0.25, 0.3) is 0 Å². The zero-order valence-corrected chi connectivity index (χ0v) is 11.1. The monoisotopic (exact) mass is 289 g/mol. The number of alkyl halides is 3. The van der Waals surface area contributed by atoms with Crippen LogP contribution in [0.4, 0.5) is 13.2 Å². The van der Waals surface area contributed by atoms with E-state index in [1.165, 1.54) is 32.0 Å². The lowest BCUT2D eigenvalue weighted by molar-refractivity contribution is -0.154. The molecule has 4 rings (SSSR count). The molecule has 3 aliphatic heterocycles. The number of piperidine rings is 3. The second kappa shape index (κ2) is 5.27. The molecule has 4 heterocycles. The highest BCUT2D eigenvalue weighted by Crippen LogP contribution is 2.33. The maximum absolute atomic E-state index is 12.1. The molecule has 0 spiro atoms. The summed E-state index contributed by atoms with van der Waals surface area (Å²) in [5.41, 5.74) is 0. The molecule has 4 nitrogen and oxygen atoms in total. The molecule has 0 amide bonds. The molecule has 7 heteroatoms. The van der Waals surface area contributed by atoms with Crippen LogP contribution in [0.1, 0.15) is 12.8 Å². The number of nitrogens with zero attached hydrogens (tertiary/aromatic N) is 3. The van der Waals surface area contributed by atoms with Gasteiger partial charge < -0.3 is 9.64 Å². The predicted molar refractivity (Wildman–Crippen MR) is 66.4 cm³/mol. The zero-order chi connectivity index (χ0) is 14.2. The SMILES string of the molecule is FC(F)(F)COc1ccn(CC2CN3CCC2CC3)n1. The molecule has 0 aromatic carbocycles. The first-order valence-electron chi connectivity index (χ1n) is 6.95. The van der Waals surface area contributed by atoms with E-state index in [0.717, 1.165) is 19.0 Å². The van der Waals surface area contributed by atoms with Gasteiger partial charge in [0.2, 0.25) is 5.88 Å². The summed E-state index contributed by atoms with van der Waals surface area (Å²) in [4.78, 5) is 2.45. The van der Waals surface area contributed by atoms with Crippen molar-refractivity contribution in [2.45, 2.75) is 25.6 Å². The Balaban J connectivity index is 1.55. The predicted octanol–water partition coefficient (Wildman–Crippen LogP) is 2.17. The Bertz CT molecular complexity index is 452. The van der Waals surface area contributed by atoms with Crippen molar-refractivity contribution in [2.24, 2.45) is 11.8 Å². The van der Waals surface area contributed by atoms with Crippen LogP contribution < -0.4 is 4.74 Å². The Morgan fingerprint density at radius 2 is 2.05 bits per heavy atom. The lowest BCUT2D eigenvalue weighted by Crippen LogP contribution is -2.48. The van der Waals surface area contributed by atoms with E-state index in [2.05, 4.69) is 14.7 Å². The van der Waals surface area contributed by atoms with Crippen LogP contribution in [-0.2, 0) is 6.54 Å². The van der Waals surface area contributed by atoms with Crippen molar-refractivity contribution in [3.05, 3.63) is 12.3 Å². The van der Waals surface area contributed by atoms with Crippen LogP contribution in [0.2, 0.25) is 0 Å². The van der Waals surface area contributed by atoms with E-state index in [0.29, 0.717) is 5.92 Å². The smallest absolute Gasteiger partial charge is 0.422 e. The number of hydrogen-bond donors (Lipinski definition) is 0. The molecule has 2 bridgehead atoms. The lowest BCUT2D eigenvalue weighted by Gasteiger charge is -2.44. The van der Waals surface area contributed by atoms with E-state index in [1.807, 2.05) is 0 Å². The molecule has 0 saturated carbocycles. The highest BCUT2D eigenvalue weighted by Gasteiger charge is 2.34. The quantitative estimate of drug-likeness (QED) is 0.851. The fourth-order valence-corrected chi connectivity index (χ4v) is 3.21. The highest BCUT2D eigenvalue weighted by atomic mass is 19.4. The number of rotatable bonds is 4. The lowest BCUT2D eigenvalue weighted by atomic mass is 9.79. The Labute approximate surface area is 115 Å². The van der Waals surface area contributed by atoms with Crippen LogP contribution in [0.3, 0.4) is 0 Å². The molecule has 1 aromatic heterocycles. The standard InChI is InChI=1S/C13H18F3N3O/c14-13(15,16)9-20-12-3-6-19(17-12)8-11-7-18-4-1-10(11)2-5-18/h3,6,10-11H,1-2,4-5,7-9H2. The summed E-state index contributed by atoms with van der Waals surface area (Å²) in [7, 11) is 0. The van der Waals surface area contributed by atoms with Gasteiger partial charge in [-0.25, -0.2) is 0 Å². The van der Waals surface area contributed by atoms with Crippen LogP contribution >= 0.6 is 0 Å². The van der Waals surface area contributed by atoms with Gasteiger partial charge >= 0.3 is 6.18 Å². The number of aromatic nitrogens is 2. The van der Waals surface area contributed by atoms with Crippen molar-refractivity contribution in [3.8, 4) is 5.88 Å². The molecule has 0 N–H and O–H groups in total. The van der Waals surface area contributed by atoms with E-state index in [9.17, 15) is 13.2 Å². The van der Waals surface area contributed by atoms with Gasteiger partial charge in [-0.05, 0) is 37.8 Å². The van der Waals surface area contributed by atoms with Gasteiger partial charge in [-0.3, -0.25) is 4.68 Å². The molecule has 20 heavy (non-hydrogen) atoms. The average molecular weight is 289 g/mol. The fraction of sp³-hybridized carbons (Fsp3) is 0.769. The van der Waals surface area contributed by atoms with Crippen LogP contribution in [0.25, 0.3) is 0 Å². The second-order valence-corrected chi connectivity index (χ2v) is 5.68. The first-order chi connectivity index (χ1) is 9.49. The molecule has 3 fully saturated rings. The summed E-state index contributed by atoms with van der Waals surface area (Å²) >= 11 is 0. The maximum atomic E-state index is 12.1. The Kier molecular flexibility index (Phi) is 3.62. The zero-order valence-electron chi connectivity index (χ0n) is 11.1. The van der Waals surface area contributed by atoms with Gasteiger partial charge in [-0.2, -0.15) is 13.2 Å². The van der Waals surface area contributed by atoms with Crippen molar-refractivity contribution in [3.63, 3.8) is 0 Å². The van der Waals surface area contributed by atoms with Crippen molar-refractivity contribution in [1.29, 1.82) is 0 Å². The topological polar surface area (TPSA) is 30.3 Å². The molecular weight excluding hydrogens is 271 g/mol. The molecule has 1 atom stereocenters. The van der Waals surface area contributed by atoms with Gasteiger partial charge in [0.05, 0.1) is 0 Å². The molecule has 1 aromatic rings. The molecule has 3 aliphatic rings. The van der Waals surface area contributed by atoms with Crippen LogP contribution in [-0.4, -0.2) is 47.1 Å². The number of fused-ring (bicyclic) bond motifs is 3. The van der Waals surface area contributed by atoms with Crippen LogP contribution in [0.15, 0.2) is 12.3 Å². The highest BCUT2D eigenvalue weighted by molar-refractivity contribution is 5.06. The molecule has 112 valence electrons.